The Bertz CT molecular complexity index is 608. The fourth-order valence-corrected chi connectivity index (χ4v) is 4.56. The topological polar surface area (TPSA) is 62.6 Å². The molecule has 3 aliphatic rings. The second kappa shape index (κ2) is 8.69. The average molecular weight is 384 g/mol. The first-order chi connectivity index (χ1) is 12.2. The molecule has 8 heteroatoms. The van der Waals surface area contributed by atoms with Crippen LogP contribution >= 0.6 is 12.4 Å². The summed E-state index contributed by atoms with van der Waals surface area (Å²) in [7, 11) is 2.02. The molecule has 0 spiro atoms. The average Bonchev–Trinajstić information content (AvgIpc) is 3.07. The van der Waals surface area contributed by atoms with Gasteiger partial charge in [-0.25, -0.2) is 4.98 Å². The summed E-state index contributed by atoms with van der Waals surface area (Å²) in [6.07, 6.45) is 8.66. The predicted octanol–water partition coefficient (Wildman–Crippen LogP) is 0.958. The number of hydrogen-bond acceptors (Lipinski definition) is 5. The summed E-state index contributed by atoms with van der Waals surface area (Å²) in [5, 5.41) is 3.44. The number of imidazole rings is 1. The number of piperazine rings is 1. The van der Waals surface area contributed by atoms with Crippen molar-refractivity contribution in [1.82, 2.24) is 24.7 Å². The molecule has 3 heterocycles. The van der Waals surface area contributed by atoms with Crippen LogP contribution in [0.15, 0.2) is 12.4 Å². The molecule has 0 radical (unpaired) electrons. The number of hydrogen-bond donors (Lipinski definition) is 1. The number of fused-ring (bicyclic) bond motifs is 1. The van der Waals surface area contributed by atoms with Gasteiger partial charge in [-0.2, -0.15) is 0 Å². The molecule has 1 aromatic rings. The third-order valence-corrected chi connectivity index (χ3v) is 5.90. The third-order valence-electron chi connectivity index (χ3n) is 5.90. The third kappa shape index (κ3) is 3.91. The highest BCUT2D eigenvalue weighted by molar-refractivity contribution is 5.85. The number of morpholine rings is 1. The summed E-state index contributed by atoms with van der Waals surface area (Å²) in [5.74, 6) is 1.28. The largest absolute Gasteiger partial charge is 0.374 e. The maximum Gasteiger partial charge on any atom is 0.237 e. The Labute approximate surface area is 161 Å². The lowest BCUT2D eigenvalue weighted by Crippen LogP contribution is -2.58. The fraction of sp³-hybridized carbons (Fsp3) is 0.778. The first kappa shape index (κ1) is 19.6. The predicted molar refractivity (Wildman–Crippen MR) is 101 cm³/mol. The molecule has 7 nitrogen and oxygen atoms in total. The molecule has 3 atom stereocenters. The number of nitrogens with one attached hydrogen (secondary N) is 1. The highest BCUT2D eigenvalue weighted by Crippen LogP contribution is 2.29. The molecule has 3 unspecified atom stereocenters. The van der Waals surface area contributed by atoms with E-state index in [1.807, 2.05) is 19.4 Å². The molecule has 1 saturated carbocycles. The van der Waals surface area contributed by atoms with Gasteiger partial charge in [-0.15, -0.1) is 12.4 Å². The van der Waals surface area contributed by atoms with Crippen LogP contribution in [0.25, 0.3) is 0 Å². The van der Waals surface area contributed by atoms with Crippen molar-refractivity contribution in [3.63, 3.8) is 0 Å². The molecular formula is C18H30ClN5O2. The highest BCUT2D eigenvalue weighted by atomic mass is 35.5. The summed E-state index contributed by atoms with van der Waals surface area (Å²) in [5.41, 5.74) is 0. The van der Waals surface area contributed by atoms with Gasteiger partial charge in [-0.3, -0.25) is 9.69 Å². The Kier molecular flexibility index (Phi) is 6.55. The number of nitrogens with zero attached hydrogens (tertiary/aromatic N) is 4. The molecule has 1 N–H and O–H groups in total. The van der Waals surface area contributed by atoms with E-state index in [0.29, 0.717) is 13.2 Å². The Morgan fingerprint density at radius 3 is 3.00 bits per heavy atom. The van der Waals surface area contributed by atoms with Crippen LogP contribution < -0.4 is 5.32 Å². The van der Waals surface area contributed by atoms with Crippen LogP contribution in [-0.2, 0) is 16.6 Å². The number of carbonyl (C=O) groups excluding carboxylic acids is 1. The normalized spacial score (nSPS) is 29.7. The monoisotopic (exact) mass is 383 g/mol. The standard InChI is InChI=1S/C18H29N5O2.ClH/c1-21-8-7-20-18(21)15-12-19-6-9-22(15)13-17(24)23-10-11-25-16-5-3-2-4-14(16)23;/h7-8,14-16,19H,2-6,9-13H2,1H3;1H. The van der Waals surface area contributed by atoms with Gasteiger partial charge in [0.1, 0.15) is 5.82 Å². The lowest BCUT2D eigenvalue weighted by molar-refractivity contribution is -0.151. The number of amides is 1. The van der Waals surface area contributed by atoms with Crippen molar-refractivity contribution in [1.29, 1.82) is 0 Å². The number of aromatic nitrogens is 2. The fourth-order valence-electron chi connectivity index (χ4n) is 4.56. The Morgan fingerprint density at radius 1 is 1.35 bits per heavy atom. The van der Waals surface area contributed by atoms with Gasteiger partial charge in [-0.1, -0.05) is 12.8 Å². The quantitative estimate of drug-likeness (QED) is 0.842. The van der Waals surface area contributed by atoms with E-state index in [9.17, 15) is 4.79 Å². The van der Waals surface area contributed by atoms with E-state index < -0.39 is 0 Å². The van der Waals surface area contributed by atoms with E-state index in [1.165, 1.54) is 12.8 Å². The van der Waals surface area contributed by atoms with Gasteiger partial charge >= 0.3 is 0 Å². The molecule has 0 aromatic carbocycles. The van der Waals surface area contributed by atoms with E-state index in [-0.39, 0.29) is 36.5 Å². The van der Waals surface area contributed by atoms with Crippen LogP contribution in [0, 0.1) is 0 Å². The van der Waals surface area contributed by atoms with Gasteiger partial charge < -0.3 is 19.5 Å². The van der Waals surface area contributed by atoms with Crippen molar-refractivity contribution in [3.8, 4) is 0 Å². The molecule has 0 bridgehead atoms. The zero-order valence-electron chi connectivity index (χ0n) is 15.5. The van der Waals surface area contributed by atoms with Gasteiger partial charge in [0.15, 0.2) is 0 Å². The van der Waals surface area contributed by atoms with E-state index in [0.717, 1.165) is 44.8 Å². The summed E-state index contributed by atoms with van der Waals surface area (Å²) in [4.78, 5) is 22.0. The maximum atomic E-state index is 13.1. The van der Waals surface area contributed by atoms with E-state index in [2.05, 4.69) is 24.7 Å². The molecule has 146 valence electrons. The zero-order valence-corrected chi connectivity index (χ0v) is 16.3. The van der Waals surface area contributed by atoms with Gasteiger partial charge in [0.25, 0.3) is 0 Å². The number of carbonyl (C=O) groups is 1. The first-order valence-corrected chi connectivity index (χ1v) is 9.57. The van der Waals surface area contributed by atoms with E-state index >= 15 is 0 Å². The minimum absolute atomic E-state index is 0. The van der Waals surface area contributed by atoms with Crippen molar-refractivity contribution in [2.45, 2.75) is 43.9 Å². The van der Waals surface area contributed by atoms with Crippen LogP contribution in [0.4, 0.5) is 0 Å². The molecule has 1 aliphatic carbocycles. The second-order valence-corrected chi connectivity index (χ2v) is 7.43. The maximum absolute atomic E-state index is 13.1. The van der Waals surface area contributed by atoms with Crippen molar-refractivity contribution in [2.24, 2.45) is 7.05 Å². The zero-order chi connectivity index (χ0) is 17.2. The smallest absolute Gasteiger partial charge is 0.237 e. The van der Waals surface area contributed by atoms with Crippen LogP contribution in [-0.4, -0.2) is 76.7 Å². The summed E-state index contributed by atoms with van der Waals surface area (Å²) in [6, 6.07) is 0.436. The van der Waals surface area contributed by atoms with Gasteiger partial charge in [0, 0.05) is 45.6 Å². The molecule has 1 aromatic heterocycles. The number of aryl methyl sites for hydroxylation is 1. The van der Waals surface area contributed by atoms with Crippen LogP contribution in [0.5, 0.6) is 0 Å². The lowest BCUT2D eigenvalue weighted by atomic mass is 9.90. The van der Waals surface area contributed by atoms with E-state index in [4.69, 9.17) is 4.74 Å². The molecule has 1 amide bonds. The minimum atomic E-state index is 0. The van der Waals surface area contributed by atoms with Crippen molar-refractivity contribution in [2.75, 3.05) is 39.3 Å². The minimum Gasteiger partial charge on any atom is -0.374 e. The number of ether oxygens (including phenoxy) is 1. The van der Waals surface area contributed by atoms with Gasteiger partial charge in [-0.05, 0) is 12.8 Å². The second-order valence-electron chi connectivity index (χ2n) is 7.43. The molecule has 3 fully saturated rings. The van der Waals surface area contributed by atoms with E-state index in [1.54, 1.807) is 0 Å². The van der Waals surface area contributed by atoms with Crippen LogP contribution in [0.1, 0.15) is 37.5 Å². The Hall–Kier alpha value is -1.15. The van der Waals surface area contributed by atoms with Crippen LogP contribution in [0.3, 0.4) is 0 Å². The number of rotatable bonds is 3. The molecule has 26 heavy (non-hydrogen) atoms. The summed E-state index contributed by atoms with van der Waals surface area (Å²) >= 11 is 0. The van der Waals surface area contributed by atoms with Crippen LogP contribution in [0.2, 0.25) is 0 Å². The Morgan fingerprint density at radius 2 is 2.19 bits per heavy atom. The highest BCUT2D eigenvalue weighted by Gasteiger charge is 2.38. The van der Waals surface area contributed by atoms with Crippen molar-refractivity contribution < 1.29 is 9.53 Å². The first-order valence-electron chi connectivity index (χ1n) is 9.57. The lowest BCUT2D eigenvalue weighted by Gasteiger charge is -2.45. The molecule has 4 rings (SSSR count). The van der Waals surface area contributed by atoms with Gasteiger partial charge in [0.05, 0.1) is 31.3 Å². The van der Waals surface area contributed by atoms with Crippen molar-refractivity contribution >= 4 is 18.3 Å². The molecular weight excluding hydrogens is 354 g/mol. The molecule has 2 saturated heterocycles. The SMILES string of the molecule is Cl.Cn1ccnc1C1CNCCN1CC(=O)N1CCOC2CCCCC21. The van der Waals surface area contributed by atoms with Crippen molar-refractivity contribution in [3.05, 3.63) is 18.2 Å². The Balaban J connectivity index is 0.00000196. The molecule has 2 aliphatic heterocycles. The summed E-state index contributed by atoms with van der Waals surface area (Å²) in [6.45, 7) is 4.53. The van der Waals surface area contributed by atoms with Gasteiger partial charge in [0.2, 0.25) is 5.91 Å². The number of halogens is 1. The summed E-state index contributed by atoms with van der Waals surface area (Å²) < 4.78 is 7.97.